The Kier molecular flexibility index (Phi) is 5.28. The van der Waals surface area contributed by atoms with Gasteiger partial charge in [-0.25, -0.2) is 15.0 Å². The predicted molar refractivity (Wildman–Crippen MR) is 97.8 cm³/mol. The summed E-state index contributed by atoms with van der Waals surface area (Å²) in [7, 11) is 5.67. The van der Waals surface area contributed by atoms with E-state index < -0.39 is 0 Å². The maximum Gasteiger partial charge on any atom is 0.257 e. The highest BCUT2D eigenvalue weighted by atomic mass is 16.1. The first-order valence-corrected chi connectivity index (χ1v) is 8.50. The van der Waals surface area contributed by atoms with Gasteiger partial charge in [-0.05, 0) is 12.8 Å². The maximum atomic E-state index is 12.1. The van der Waals surface area contributed by atoms with E-state index in [1.54, 1.807) is 25.9 Å². The molecule has 0 radical (unpaired) electrons. The monoisotopic (exact) mass is 343 g/mol. The smallest absolute Gasteiger partial charge is 0.257 e. The zero-order valence-electron chi connectivity index (χ0n) is 15.0. The molecule has 3 rings (SSSR count). The minimum atomic E-state index is 0.0347. The van der Waals surface area contributed by atoms with Crippen molar-refractivity contribution in [1.82, 2.24) is 24.4 Å². The Balaban J connectivity index is 1.54. The molecule has 0 atom stereocenters. The topological polar surface area (TPSA) is 79.2 Å². The average Bonchev–Trinajstić information content (AvgIpc) is 2.61. The molecule has 1 aliphatic rings. The minimum Gasteiger partial charge on any atom is -0.367 e. The van der Waals surface area contributed by atoms with E-state index in [-0.39, 0.29) is 5.56 Å². The molecule has 0 aliphatic carbocycles. The van der Waals surface area contributed by atoms with E-state index in [9.17, 15) is 4.79 Å². The number of piperidine rings is 1. The SMILES string of the molecule is CN(C)c1cc(NC2CCN(Cc3cncn(C)c3=O)CC2)ncn1. The molecule has 0 amide bonds. The molecule has 1 fully saturated rings. The second-order valence-electron chi connectivity index (χ2n) is 6.69. The Morgan fingerprint density at radius 3 is 2.76 bits per heavy atom. The third-order valence-electron chi connectivity index (χ3n) is 4.51. The molecule has 134 valence electrons. The zero-order chi connectivity index (χ0) is 17.8. The summed E-state index contributed by atoms with van der Waals surface area (Å²) in [5.41, 5.74) is 0.787. The van der Waals surface area contributed by atoms with Gasteiger partial charge >= 0.3 is 0 Å². The molecule has 2 aromatic heterocycles. The predicted octanol–water partition coefficient (Wildman–Crippen LogP) is 0.713. The number of rotatable bonds is 5. The standard InChI is InChI=1S/C17H25N7O/c1-22(2)16-8-15(19-11-20-16)21-14-4-6-24(7-5-14)10-13-9-18-12-23(3)17(13)25/h8-9,11-12,14H,4-7,10H2,1-3H3,(H,19,20,21). The van der Waals surface area contributed by atoms with Crippen LogP contribution in [0.2, 0.25) is 0 Å². The quantitative estimate of drug-likeness (QED) is 0.856. The third-order valence-corrected chi connectivity index (χ3v) is 4.51. The zero-order valence-corrected chi connectivity index (χ0v) is 15.0. The molecule has 0 saturated carbocycles. The molecule has 8 heteroatoms. The van der Waals surface area contributed by atoms with Crippen molar-refractivity contribution in [3.05, 3.63) is 40.8 Å². The first kappa shape index (κ1) is 17.3. The fraction of sp³-hybridized carbons (Fsp3) is 0.529. The van der Waals surface area contributed by atoms with E-state index in [0.29, 0.717) is 12.6 Å². The summed E-state index contributed by atoms with van der Waals surface area (Å²) in [5, 5.41) is 3.50. The highest BCUT2D eigenvalue weighted by molar-refractivity contribution is 5.47. The van der Waals surface area contributed by atoms with Crippen LogP contribution in [-0.4, -0.2) is 57.6 Å². The number of likely N-dealkylation sites (tertiary alicyclic amines) is 1. The Hall–Kier alpha value is -2.48. The van der Waals surface area contributed by atoms with Gasteiger partial charge in [0.1, 0.15) is 18.0 Å². The number of nitrogens with one attached hydrogen (secondary N) is 1. The molecule has 1 N–H and O–H groups in total. The molecule has 0 bridgehead atoms. The summed E-state index contributed by atoms with van der Waals surface area (Å²) in [6.07, 6.45) is 6.84. The van der Waals surface area contributed by atoms with Crippen molar-refractivity contribution in [2.45, 2.75) is 25.4 Å². The lowest BCUT2D eigenvalue weighted by Crippen LogP contribution is -2.40. The third kappa shape index (κ3) is 4.33. The molecule has 8 nitrogen and oxygen atoms in total. The number of aromatic nitrogens is 4. The van der Waals surface area contributed by atoms with E-state index in [2.05, 4.69) is 25.2 Å². The van der Waals surface area contributed by atoms with Crippen molar-refractivity contribution >= 4 is 11.6 Å². The highest BCUT2D eigenvalue weighted by Crippen LogP contribution is 2.18. The van der Waals surface area contributed by atoms with Crippen molar-refractivity contribution in [2.75, 3.05) is 37.4 Å². The summed E-state index contributed by atoms with van der Waals surface area (Å²) >= 11 is 0. The van der Waals surface area contributed by atoms with Crippen LogP contribution in [0.5, 0.6) is 0 Å². The highest BCUT2D eigenvalue weighted by Gasteiger charge is 2.20. The largest absolute Gasteiger partial charge is 0.367 e. The van der Waals surface area contributed by atoms with Gasteiger partial charge in [-0.15, -0.1) is 0 Å². The number of aryl methyl sites for hydroxylation is 1. The Morgan fingerprint density at radius 1 is 1.28 bits per heavy atom. The van der Waals surface area contributed by atoms with Gasteiger partial charge in [-0.3, -0.25) is 9.69 Å². The van der Waals surface area contributed by atoms with Crippen LogP contribution in [-0.2, 0) is 13.6 Å². The summed E-state index contributed by atoms with van der Waals surface area (Å²) in [5.74, 6) is 1.75. The molecule has 1 saturated heterocycles. The minimum absolute atomic E-state index is 0.0347. The normalized spacial score (nSPS) is 16.0. The van der Waals surface area contributed by atoms with Crippen LogP contribution in [0.25, 0.3) is 0 Å². The summed E-state index contributed by atoms with van der Waals surface area (Å²) < 4.78 is 1.53. The van der Waals surface area contributed by atoms with Crippen LogP contribution < -0.4 is 15.8 Å². The molecule has 0 unspecified atom stereocenters. The molecule has 1 aliphatic heterocycles. The Morgan fingerprint density at radius 2 is 2.04 bits per heavy atom. The van der Waals surface area contributed by atoms with Crippen molar-refractivity contribution in [1.29, 1.82) is 0 Å². The van der Waals surface area contributed by atoms with Crippen LogP contribution in [0.1, 0.15) is 18.4 Å². The molecule has 25 heavy (non-hydrogen) atoms. The van der Waals surface area contributed by atoms with Gasteiger partial charge < -0.3 is 14.8 Å². The lowest BCUT2D eigenvalue weighted by atomic mass is 10.0. The van der Waals surface area contributed by atoms with Gasteiger partial charge in [0.05, 0.1) is 6.33 Å². The molecule has 0 aromatic carbocycles. The number of hydrogen-bond acceptors (Lipinski definition) is 7. The molecule has 3 heterocycles. The summed E-state index contributed by atoms with van der Waals surface area (Å²) in [6, 6.07) is 2.35. The van der Waals surface area contributed by atoms with Crippen molar-refractivity contribution in [3.63, 3.8) is 0 Å². The first-order valence-electron chi connectivity index (χ1n) is 8.50. The second-order valence-corrected chi connectivity index (χ2v) is 6.69. The second kappa shape index (κ2) is 7.60. The fourth-order valence-corrected chi connectivity index (χ4v) is 3.02. The number of nitrogens with zero attached hydrogens (tertiary/aromatic N) is 6. The summed E-state index contributed by atoms with van der Waals surface area (Å²) in [4.78, 5) is 29.0. The molecular formula is C17H25N7O. The van der Waals surface area contributed by atoms with Crippen LogP contribution in [0.3, 0.4) is 0 Å². The lowest BCUT2D eigenvalue weighted by molar-refractivity contribution is 0.210. The van der Waals surface area contributed by atoms with Gasteiger partial charge in [-0.2, -0.15) is 0 Å². The van der Waals surface area contributed by atoms with Gasteiger partial charge in [0.15, 0.2) is 0 Å². The van der Waals surface area contributed by atoms with Crippen LogP contribution in [0.15, 0.2) is 29.7 Å². The fourth-order valence-electron chi connectivity index (χ4n) is 3.02. The number of hydrogen-bond donors (Lipinski definition) is 1. The molecule has 0 spiro atoms. The van der Waals surface area contributed by atoms with Crippen LogP contribution in [0, 0.1) is 0 Å². The van der Waals surface area contributed by atoms with Crippen LogP contribution >= 0.6 is 0 Å². The molecular weight excluding hydrogens is 318 g/mol. The molecule has 2 aromatic rings. The van der Waals surface area contributed by atoms with Crippen molar-refractivity contribution in [3.8, 4) is 0 Å². The van der Waals surface area contributed by atoms with Gasteiger partial charge in [0, 0.05) is 64.6 Å². The van der Waals surface area contributed by atoms with Crippen LogP contribution in [0.4, 0.5) is 11.6 Å². The van der Waals surface area contributed by atoms with Gasteiger partial charge in [0.25, 0.3) is 5.56 Å². The number of anilines is 2. The maximum absolute atomic E-state index is 12.1. The van der Waals surface area contributed by atoms with Gasteiger partial charge in [-0.1, -0.05) is 0 Å². The average molecular weight is 343 g/mol. The van der Waals surface area contributed by atoms with E-state index in [1.165, 1.54) is 4.57 Å². The van der Waals surface area contributed by atoms with Crippen molar-refractivity contribution < 1.29 is 0 Å². The first-order chi connectivity index (χ1) is 12.0. The van der Waals surface area contributed by atoms with E-state index >= 15 is 0 Å². The van der Waals surface area contributed by atoms with E-state index in [4.69, 9.17) is 0 Å². The summed E-state index contributed by atoms with van der Waals surface area (Å²) in [6.45, 7) is 2.55. The Labute approximate surface area is 147 Å². The lowest BCUT2D eigenvalue weighted by Gasteiger charge is -2.32. The van der Waals surface area contributed by atoms with E-state index in [0.717, 1.165) is 43.1 Å². The van der Waals surface area contributed by atoms with Crippen molar-refractivity contribution in [2.24, 2.45) is 7.05 Å². The van der Waals surface area contributed by atoms with E-state index in [1.807, 2.05) is 25.1 Å². The van der Waals surface area contributed by atoms with Gasteiger partial charge in [0.2, 0.25) is 0 Å². The Bertz CT molecular complexity index is 766.